The second-order valence-corrected chi connectivity index (χ2v) is 4.19. The average Bonchev–Trinajstić information content (AvgIpc) is 2.52. The zero-order valence-electron chi connectivity index (χ0n) is 11.5. The molecule has 20 heavy (non-hydrogen) atoms. The Bertz CT molecular complexity index is 529. The molecule has 0 spiro atoms. The molecule has 0 bridgehead atoms. The average molecular weight is 273 g/mol. The van der Waals surface area contributed by atoms with E-state index in [1.807, 2.05) is 48.5 Å². The minimum atomic E-state index is 0.409. The number of benzene rings is 2. The summed E-state index contributed by atoms with van der Waals surface area (Å²) in [6.07, 6.45) is 0. The van der Waals surface area contributed by atoms with Crippen LogP contribution in [-0.4, -0.2) is 20.3 Å². The van der Waals surface area contributed by atoms with Crippen molar-refractivity contribution in [2.24, 2.45) is 5.73 Å². The molecule has 0 saturated carbocycles. The van der Waals surface area contributed by atoms with Gasteiger partial charge in [0.15, 0.2) is 0 Å². The molecular weight excluding hydrogens is 254 g/mol. The monoisotopic (exact) mass is 273 g/mol. The summed E-state index contributed by atoms with van der Waals surface area (Å²) in [5, 5.41) is 0. The van der Waals surface area contributed by atoms with Gasteiger partial charge in [0.25, 0.3) is 0 Å². The summed E-state index contributed by atoms with van der Waals surface area (Å²) in [6, 6.07) is 15.3. The van der Waals surface area contributed by atoms with Gasteiger partial charge in [0.05, 0.1) is 7.11 Å². The van der Waals surface area contributed by atoms with Crippen molar-refractivity contribution >= 4 is 0 Å². The Labute approximate surface area is 119 Å². The lowest BCUT2D eigenvalue weighted by molar-refractivity contribution is 0.216. The number of ether oxygens (including phenoxy) is 3. The van der Waals surface area contributed by atoms with Gasteiger partial charge in [-0.05, 0) is 30.3 Å². The van der Waals surface area contributed by atoms with Crippen molar-refractivity contribution in [3.8, 4) is 17.2 Å². The van der Waals surface area contributed by atoms with Crippen molar-refractivity contribution in [3.05, 3.63) is 54.1 Å². The first kappa shape index (κ1) is 14.2. The van der Waals surface area contributed by atoms with Crippen LogP contribution in [0.5, 0.6) is 17.2 Å². The van der Waals surface area contributed by atoms with Crippen molar-refractivity contribution in [1.29, 1.82) is 0 Å². The van der Waals surface area contributed by atoms with Gasteiger partial charge in [-0.15, -0.1) is 0 Å². The molecule has 0 aliphatic rings. The number of hydrogen-bond acceptors (Lipinski definition) is 4. The lowest BCUT2D eigenvalue weighted by Crippen LogP contribution is -2.11. The fraction of sp³-hybridized carbons (Fsp3) is 0.250. The van der Waals surface area contributed by atoms with E-state index in [9.17, 15) is 0 Å². The normalized spacial score (nSPS) is 10.1. The number of hydrogen-bond donors (Lipinski definition) is 1. The van der Waals surface area contributed by atoms with Gasteiger partial charge in [-0.2, -0.15) is 0 Å². The minimum Gasteiger partial charge on any atom is -0.497 e. The Morgan fingerprint density at radius 1 is 0.900 bits per heavy atom. The zero-order chi connectivity index (χ0) is 14.2. The van der Waals surface area contributed by atoms with E-state index >= 15 is 0 Å². The van der Waals surface area contributed by atoms with Gasteiger partial charge in [0.2, 0.25) is 0 Å². The van der Waals surface area contributed by atoms with Gasteiger partial charge in [-0.3, -0.25) is 0 Å². The quantitative estimate of drug-likeness (QED) is 0.788. The largest absolute Gasteiger partial charge is 0.497 e. The third kappa shape index (κ3) is 3.90. The highest BCUT2D eigenvalue weighted by atomic mass is 16.5. The molecular formula is C16H19NO3. The van der Waals surface area contributed by atoms with Crippen LogP contribution in [0, 0.1) is 0 Å². The molecule has 0 radical (unpaired) electrons. The van der Waals surface area contributed by atoms with Gasteiger partial charge in [0, 0.05) is 12.1 Å². The van der Waals surface area contributed by atoms with E-state index in [-0.39, 0.29) is 0 Å². The van der Waals surface area contributed by atoms with Gasteiger partial charge in [-0.25, -0.2) is 0 Å². The molecule has 2 aromatic rings. The Balaban J connectivity index is 1.85. The van der Waals surface area contributed by atoms with Crippen LogP contribution in [-0.2, 0) is 6.54 Å². The van der Waals surface area contributed by atoms with Crippen LogP contribution < -0.4 is 19.9 Å². The lowest BCUT2D eigenvalue weighted by atomic mass is 10.2. The van der Waals surface area contributed by atoms with Crippen LogP contribution in [0.25, 0.3) is 0 Å². The first-order valence-corrected chi connectivity index (χ1v) is 6.51. The fourth-order valence-electron chi connectivity index (χ4n) is 1.81. The second-order valence-electron chi connectivity index (χ2n) is 4.19. The molecule has 4 nitrogen and oxygen atoms in total. The predicted molar refractivity (Wildman–Crippen MR) is 78.3 cm³/mol. The summed E-state index contributed by atoms with van der Waals surface area (Å²) < 4.78 is 16.4. The maximum absolute atomic E-state index is 5.70. The van der Waals surface area contributed by atoms with Crippen LogP contribution in [0.2, 0.25) is 0 Å². The summed E-state index contributed by atoms with van der Waals surface area (Å²) in [4.78, 5) is 0. The molecule has 2 rings (SSSR count). The van der Waals surface area contributed by atoms with E-state index in [0.29, 0.717) is 19.8 Å². The van der Waals surface area contributed by atoms with Crippen LogP contribution in [0.4, 0.5) is 0 Å². The molecule has 0 unspecified atom stereocenters. The Kier molecular flexibility index (Phi) is 5.26. The van der Waals surface area contributed by atoms with Crippen LogP contribution in [0.1, 0.15) is 5.56 Å². The van der Waals surface area contributed by atoms with E-state index in [1.54, 1.807) is 7.11 Å². The SMILES string of the molecule is COc1ccc(OCCOc2ccccc2)c(CN)c1. The van der Waals surface area contributed by atoms with Crippen LogP contribution in [0.3, 0.4) is 0 Å². The topological polar surface area (TPSA) is 53.7 Å². The molecule has 0 fully saturated rings. The third-order valence-corrected chi connectivity index (χ3v) is 2.84. The summed E-state index contributed by atoms with van der Waals surface area (Å²) in [5.74, 6) is 2.38. The number of nitrogens with two attached hydrogens (primary N) is 1. The number of rotatable bonds is 7. The molecule has 106 valence electrons. The molecule has 0 atom stereocenters. The van der Waals surface area contributed by atoms with E-state index in [2.05, 4.69) is 0 Å². The second kappa shape index (κ2) is 7.40. The molecule has 0 amide bonds. The van der Waals surface area contributed by atoms with Gasteiger partial charge >= 0.3 is 0 Å². The fourth-order valence-corrected chi connectivity index (χ4v) is 1.81. The van der Waals surface area contributed by atoms with Crippen molar-refractivity contribution in [2.45, 2.75) is 6.54 Å². The maximum atomic E-state index is 5.70. The summed E-state index contributed by atoms with van der Waals surface area (Å²) >= 11 is 0. The Morgan fingerprint density at radius 3 is 2.35 bits per heavy atom. The summed E-state index contributed by atoms with van der Waals surface area (Å²) in [5.41, 5.74) is 6.62. The van der Waals surface area contributed by atoms with E-state index in [4.69, 9.17) is 19.9 Å². The highest BCUT2D eigenvalue weighted by molar-refractivity contribution is 5.40. The highest BCUT2D eigenvalue weighted by Crippen LogP contribution is 2.23. The molecule has 2 aromatic carbocycles. The molecule has 2 N–H and O–H groups in total. The van der Waals surface area contributed by atoms with Crippen molar-refractivity contribution < 1.29 is 14.2 Å². The lowest BCUT2D eigenvalue weighted by Gasteiger charge is -2.12. The molecule has 0 aliphatic heterocycles. The summed E-state index contributed by atoms with van der Waals surface area (Å²) in [7, 11) is 1.63. The van der Waals surface area contributed by atoms with E-state index in [0.717, 1.165) is 22.8 Å². The minimum absolute atomic E-state index is 0.409. The Hall–Kier alpha value is -2.20. The Morgan fingerprint density at radius 2 is 1.65 bits per heavy atom. The van der Waals surface area contributed by atoms with Gasteiger partial charge < -0.3 is 19.9 Å². The first-order valence-electron chi connectivity index (χ1n) is 6.51. The standard InChI is InChI=1S/C16H19NO3/c1-18-15-7-8-16(13(11-15)12-17)20-10-9-19-14-5-3-2-4-6-14/h2-8,11H,9-10,12,17H2,1H3. The zero-order valence-corrected chi connectivity index (χ0v) is 11.5. The number of para-hydroxylation sites is 1. The third-order valence-electron chi connectivity index (χ3n) is 2.84. The van der Waals surface area contributed by atoms with Gasteiger partial charge in [-0.1, -0.05) is 18.2 Å². The van der Waals surface area contributed by atoms with Crippen LogP contribution >= 0.6 is 0 Å². The first-order chi connectivity index (χ1) is 9.83. The molecule has 0 heterocycles. The molecule has 0 aliphatic carbocycles. The molecule has 0 aromatic heterocycles. The van der Waals surface area contributed by atoms with Crippen molar-refractivity contribution in [3.63, 3.8) is 0 Å². The van der Waals surface area contributed by atoms with Crippen molar-refractivity contribution in [2.75, 3.05) is 20.3 Å². The molecule has 0 saturated heterocycles. The van der Waals surface area contributed by atoms with Crippen LogP contribution in [0.15, 0.2) is 48.5 Å². The van der Waals surface area contributed by atoms with E-state index < -0.39 is 0 Å². The molecule has 4 heteroatoms. The smallest absolute Gasteiger partial charge is 0.124 e. The van der Waals surface area contributed by atoms with Crippen molar-refractivity contribution in [1.82, 2.24) is 0 Å². The maximum Gasteiger partial charge on any atom is 0.124 e. The van der Waals surface area contributed by atoms with E-state index in [1.165, 1.54) is 0 Å². The number of methoxy groups -OCH3 is 1. The van der Waals surface area contributed by atoms with Gasteiger partial charge in [0.1, 0.15) is 30.5 Å². The highest BCUT2D eigenvalue weighted by Gasteiger charge is 2.04. The predicted octanol–water partition coefficient (Wildman–Crippen LogP) is 2.61. The summed E-state index contributed by atoms with van der Waals surface area (Å²) in [6.45, 7) is 1.36.